The molecule has 1 nitrogen and oxygen atoms in total. The Balaban J connectivity index is 1.23. The lowest BCUT2D eigenvalue weighted by molar-refractivity contribution is 0.794. The fourth-order valence-electron chi connectivity index (χ4n) is 8.74. The highest BCUT2D eigenvalue weighted by molar-refractivity contribution is 5.96. The highest BCUT2D eigenvalue weighted by Crippen LogP contribution is 2.63. The molecule has 49 heavy (non-hydrogen) atoms. The fraction of sp³-hybridized carbons (Fsp3) is 0.0625. The van der Waals surface area contributed by atoms with Crippen LogP contribution < -0.4 is 0 Å². The van der Waals surface area contributed by atoms with Gasteiger partial charge in [-0.3, -0.25) is 4.98 Å². The number of hydrogen-bond acceptors (Lipinski definition) is 1. The number of rotatable bonds is 3. The van der Waals surface area contributed by atoms with E-state index in [1.807, 2.05) is 0 Å². The summed E-state index contributed by atoms with van der Waals surface area (Å²) in [5, 5.41) is 2.49. The molecule has 0 bridgehead atoms. The molecule has 0 saturated carbocycles. The minimum atomic E-state index is -0.372. The van der Waals surface area contributed by atoms with Crippen LogP contribution in [0.4, 0.5) is 0 Å². The first-order valence-corrected chi connectivity index (χ1v) is 17.1. The van der Waals surface area contributed by atoms with Crippen LogP contribution in [0.15, 0.2) is 164 Å². The van der Waals surface area contributed by atoms with Crippen LogP contribution in [0.2, 0.25) is 0 Å². The van der Waals surface area contributed by atoms with E-state index in [0.717, 1.165) is 17.0 Å². The van der Waals surface area contributed by atoms with Crippen LogP contribution in [0.5, 0.6) is 0 Å². The highest BCUT2D eigenvalue weighted by Gasteiger charge is 2.51. The van der Waals surface area contributed by atoms with Crippen molar-refractivity contribution in [1.82, 2.24) is 4.98 Å². The van der Waals surface area contributed by atoms with Gasteiger partial charge in [0.15, 0.2) is 0 Å². The Bertz CT molecular complexity index is 2560. The van der Waals surface area contributed by atoms with Crippen LogP contribution in [-0.2, 0) is 5.41 Å². The second kappa shape index (κ2) is 10.5. The topological polar surface area (TPSA) is 12.9 Å². The lowest BCUT2D eigenvalue weighted by Gasteiger charge is -2.30. The molecule has 1 heterocycles. The van der Waals surface area contributed by atoms with Gasteiger partial charge in [0.2, 0.25) is 0 Å². The van der Waals surface area contributed by atoms with Crippen molar-refractivity contribution in [2.45, 2.75) is 19.3 Å². The number of nitrogens with zero attached hydrogens (tertiary/aromatic N) is 1. The largest absolute Gasteiger partial charge is 0.253 e. The van der Waals surface area contributed by atoms with E-state index < -0.39 is 0 Å². The summed E-state index contributed by atoms with van der Waals surface area (Å²) in [5.74, 6) is 0. The summed E-state index contributed by atoms with van der Waals surface area (Å²) < 4.78 is 0. The first-order chi connectivity index (χ1) is 24.1. The second-order valence-electron chi connectivity index (χ2n) is 13.7. The van der Waals surface area contributed by atoms with Crippen molar-refractivity contribution >= 4 is 10.8 Å². The molecule has 2 aliphatic carbocycles. The van der Waals surface area contributed by atoms with Crippen molar-refractivity contribution in [3.8, 4) is 55.8 Å². The lowest BCUT2D eigenvalue weighted by atomic mass is 9.70. The molecule has 8 aromatic rings. The maximum atomic E-state index is 5.02. The van der Waals surface area contributed by atoms with E-state index in [1.165, 1.54) is 83.1 Å². The SMILES string of the molecule is Cc1cc(C)nc(-c2cc(-c3ccc4c(c3)C3(c5ccccc5-c5ccccc53)c3ccccc3-4)cc(-c3ccc4ccccc4c3)c2)c1. The van der Waals surface area contributed by atoms with Gasteiger partial charge in [-0.1, -0.05) is 121 Å². The smallest absolute Gasteiger partial charge is 0.0725 e. The van der Waals surface area contributed by atoms with Gasteiger partial charge in [-0.2, -0.15) is 0 Å². The molecule has 230 valence electrons. The Morgan fingerprint density at radius 2 is 0.878 bits per heavy atom. The summed E-state index contributed by atoms with van der Waals surface area (Å²) in [6, 6.07) is 61.0. The zero-order valence-corrected chi connectivity index (χ0v) is 27.5. The van der Waals surface area contributed by atoms with Crippen molar-refractivity contribution in [2.75, 3.05) is 0 Å². The van der Waals surface area contributed by atoms with Crippen LogP contribution in [0.1, 0.15) is 33.5 Å². The standard InChI is InChI=1S/C48H33N/c1-30-23-31(2)49-47(24-30)38-27-36(34-20-19-32-11-3-4-12-33(32)25-34)26-37(28-38)35-21-22-42-41-15-7-10-18-45(41)48(46(42)29-35)43-16-8-5-13-39(43)40-14-6-9-17-44(40)48/h3-29H,1-2H3. The second-order valence-corrected chi connectivity index (χ2v) is 13.7. The first kappa shape index (κ1) is 28.0. The maximum absolute atomic E-state index is 5.02. The fourth-order valence-corrected chi connectivity index (χ4v) is 8.74. The molecule has 0 amide bonds. The van der Waals surface area contributed by atoms with E-state index in [-0.39, 0.29) is 5.41 Å². The van der Waals surface area contributed by atoms with Gasteiger partial charge < -0.3 is 0 Å². The van der Waals surface area contributed by atoms with Gasteiger partial charge in [-0.15, -0.1) is 0 Å². The molecule has 1 heteroatoms. The summed E-state index contributed by atoms with van der Waals surface area (Å²) in [7, 11) is 0. The number of pyridine rings is 1. The zero-order valence-electron chi connectivity index (χ0n) is 27.5. The van der Waals surface area contributed by atoms with Gasteiger partial charge in [0, 0.05) is 11.3 Å². The first-order valence-electron chi connectivity index (χ1n) is 17.1. The summed E-state index contributed by atoms with van der Waals surface area (Å²) >= 11 is 0. The Morgan fingerprint density at radius 1 is 0.367 bits per heavy atom. The van der Waals surface area contributed by atoms with E-state index >= 15 is 0 Å². The summed E-state index contributed by atoms with van der Waals surface area (Å²) in [5.41, 5.74) is 19.5. The summed E-state index contributed by atoms with van der Waals surface area (Å²) in [6.45, 7) is 4.24. The average Bonchev–Trinajstić information content (AvgIpc) is 3.61. The van der Waals surface area contributed by atoms with Gasteiger partial charge in [0.1, 0.15) is 0 Å². The zero-order chi connectivity index (χ0) is 32.7. The highest BCUT2D eigenvalue weighted by atomic mass is 14.7. The molecule has 0 aliphatic heterocycles. The summed E-state index contributed by atoms with van der Waals surface area (Å²) in [6.07, 6.45) is 0. The average molecular weight is 624 g/mol. The molecule has 0 N–H and O–H groups in total. The maximum Gasteiger partial charge on any atom is 0.0725 e. The van der Waals surface area contributed by atoms with Crippen molar-refractivity contribution in [3.63, 3.8) is 0 Å². The molecule has 0 radical (unpaired) electrons. The Labute approximate surface area is 287 Å². The number of fused-ring (bicyclic) bond motifs is 11. The lowest BCUT2D eigenvalue weighted by Crippen LogP contribution is -2.25. The Kier molecular flexibility index (Phi) is 5.99. The van der Waals surface area contributed by atoms with E-state index in [9.17, 15) is 0 Å². The third-order valence-electron chi connectivity index (χ3n) is 10.7. The number of aromatic nitrogens is 1. The van der Waals surface area contributed by atoms with Gasteiger partial charge in [0.05, 0.1) is 11.1 Å². The third kappa shape index (κ3) is 4.09. The molecule has 0 atom stereocenters. The molecule has 1 spiro atoms. The van der Waals surface area contributed by atoms with Crippen molar-refractivity contribution in [2.24, 2.45) is 0 Å². The van der Waals surface area contributed by atoms with Crippen molar-refractivity contribution < 1.29 is 0 Å². The van der Waals surface area contributed by atoms with Gasteiger partial charge >= 0.3 is 0 Å². The van der Waals surface area contributed by atoms with Crippen LogP contribution in [0.3, 0.4) is 0 Å². The van der Waals surface area contributed by atoms with Crippen molar-refractivity contribution in [1.29, 1.82) is 0 Å². The quantitative estimate of drug-likeness (QED) is 0.191. The minimum Gasteiger partial charge on any atom is -0.253 e. The number of hydrogen-bond donors (Lipinski definition) is 0. The predicted molar refractivity (Wildman–Crippen MR) is 204 cm³/mol. The number of aryl methyl sites for hydroxylation is 2. The van der Waals surface area contributed by atoms with E-state index in [0.29, 0.717) is 0 Å². The molecular formula is C48H33N. The van der Waals surface area contributed by atoms with Crippen LogP contribution in [0.25, 0.3) is 66.5 Å². The predicted octanol–water partition coefficient (Wildman–Crippen LogP) is 12.2. The molecule has 2 aliphatic rings. The van der Waals surface area contributed by atoms with Gasteiger partial charge in [0.25, 0.3) is 0 Å². The molecular weight excluding hydrogens is 591 g/mol. The monoisotopic (exact) mass is 623 g/mol. The van der Waals surface area contributed by atoms with E-state index in [4.69, 9.17) is 4.98 Å². The minimum absolute atomic E-state index is 0.372. The molecule has 0 saturated heterocycles. The van der Waals surface area contributed by atoms with Gasteiger partial charge in [-0.05, 0) is 139 Å². The summed E-state index contributed by atoms with van der Waals surface area (Å²) in [4.78, 5) is 5.02. The number of benzene rings is 7. The molecule has 1 aromatic heterocycles. The Hall–Kier alpha value is -6.05. The third-order valence-corrected chi connectivity index (χ3v) is 10.7. The normalized spacial score (nSPS) is 13.3. The van der Waals surface area contributed by atoms with E-state index in [1.54, 1.807) is 0 Å². The van der Waals surface area contributed by atoms with Crippen LogP contribution >= 0.6 is 0 Å². The molecule has 0 fully saturated rings. The van der Waals surface area contributed by atoms with Crippen LogP contribution in [-0.4, -0.2) is 4.98 Å². The molecule has 7 aromatic carbocycles. The van der Waals surface area contributed by atoms with E-state index in [2.05, 4.69) is 178 Å². The Morgan fingerprint density at radius 3 is 1.51 bits per heavy atom. The molecule has 10 rings (SSSR count). The molecule has 0 unspecified atom stereocenters. The van der Waals surface area contributed by atoms with Crippen molar-refractivity contribution in [3.05, 3.63) is 197 Å². The van der Waals surface area contributed by atoms with Gasteiger partial charge in [-0.25, -0.2) is 0 Å². The van der Waals surface area contributed by atoms with Crippen LogP contribution in [0, 0.1) is 13.8 Å².